The lowest BCUT2D eigenvalue weighted by Crippen LogP contribution is -2.55. The normalized spacial score (nSPS) is 28.8. The Morgan fingerprint density at radius 1 is 1.19 bits per heavy atom. The average molecular weight is 371 g/mol. The molecule has 1 atom stereocenters. The Morgan fingerprint density at radius 2 is 1.81 bits per heavy atom. The largest absolute Gasteiger partial charge is 0.480 e. The van der Waals surface area contributed by atoms with Crippen molar-refractivity contribution in [3.63, 3.8) is 0 Å². The van der Waals surface area contributed by atoms with Gasteiger partial charge >= 0.3 is 5.97 Å². The van der Waals surface area contributed by atoms with Gasteiger partial charge in [0.2, 0.25) is 5.91 Å². The van der Waals surface area contributed by atoms with Crippen LogP contribution in [0.4, 0.5) is 0 Å². The molecule has 1 aliphatic heterocycles. The third-order valence-corrected chi connectivity index (χ3v) is 5.99. The predicted octanol–water partition coefficient (Wildman–Crippen LogP) is 3.94. The molecule has 1 amide bonds. The number of hydrogen-bond acceptors (Lipinski definition) is 3. The summed E-state index contributed by atoms with van der Waals surface area (Å²) in [7, 11) is 0. The molecule has 1 spiro atoms. The molecule has 0 radical (unpaired) electrons. The second-order valence-corrected chi connectivity index (χ2v) is 8.70. The summed E-state index contributed by atoms with van der Waals surface area (Å²) in [4.78, 5) is 26.2. The van der Waals surface area contributed by atoms with Crippen molar-refractivity contribution >= 4 is 18.0 Å². The van der Waals surface area contributed by atoms with Crippen molar-refractivity contribution in [3.8, 4) is 0 Å². The second kappa shape index (κ2) is 7.47. The van der Waals surface area contributed by atoms with Gasteiger partial charge in [-0.1, -0.05) is 51.1 Å². The molecular weight excluding hydrogens is 342 g/mol. The van der Waals surface area contributed by atoms with Gasteiger partial charge in [-0.3, -0.25) is 9.69 Å². The molecule has 2 fully saturated rings. The summed E-state index contributed by atoms with van der Waals surface area (Å²) >= 11 is 0. The van der Waals surface area contributed by atoms with E-state index < -0.39 is 17.7 Å². The van der Waals surface area contributed by atoms with Crippen molar-refractivity contribution in [1.82, 2.24) is 4.90 Å². The minimum absolute atomic E-state index is 0.0560. The van der Waals surface area contributed by atoms with E-state index in [-0.39, 0.29) is 17.9 Å². The number of carboxylic acid groups (broad SMARTS) is 1. The van der Waals surface area contributed by atoms with E-state index in [1.165, 1.54) is 11.0 Å². The van der Waals surface area contributed by atoms with Crippen molar-refractivity contribution in [1.29, 1.82) is 0 Å². The molecule has 0 bridgehead atoms. The molecule has 0 unspecified atom stereocenters. The molecule has 1 N–H and O–H groups in total. The van der Waals surface area contributed by atoms with Gasteiger partial charge in [0.05, 0.1) is 6.61 Å². The van der Waals surface area contributed by atoms with E-state index in [4.69, 9.17) is 4.74 Å². The van der Waals surface area contributed by atoms with Crippen LogP contribution in [0.3, 0.4) is 0 Å². The molecule has 1 heterocycles. The molecule has 5 heteroatoms. The zero-order valence-corrected chi connectivity index (χ0v) is 16.4. The number of carbonyl (C=O) groups is 2. The van der Waals surface area contributed by atoms with Crippen LogP contribution in [0, 0.1) is 11.3 Å². The highest BCUT2D eigenvalue weighted by molar-refractivity contribution is 5.95. The number of carboxylic acids is 1. The van der Waals surface area contributed by atoms with Gasteiger partial charge in [-0.05, 0) is 48.7 Å². The fourth-order valence-corrected chi connectivity index (χ4v) is 4.33. The maximum Gasteiger partial charge on any atom is 0.328 e. The lowest BCUT2D eigenvalue weighted by molar-refractivity contribution is -0.162. The molecule has 1 aromatic rings. The maximum atomic E-state index is 13.0. The molecule has 27 heavy (non-hydrogen) atoms. The van der Waals surface area contributed by atoms with Gasteiger partial charge in [0.15, 0.2) is 6.04 Å². The van der Waals surface area contributed by atoms with E-state index in [1.807, 2.05) is 30.3 Å². The number of rotatable bonds is 3. The Kier molecular flexibility index (Phi) is 5.43. The first-order chi connectivity index (χ1) is 12.7. The average Bonchev–Trinajstić information content (AvgIpc) is 2.99. The highest BCUT2D eigenvalue weighted by atomic mass is 16.5. The molecule has 146 valence electrons. The number of hydrogen-bond donors (Lipinski definition) is 1. The summed E-state index contributed by atoms with van der Waals surface area (Å²) in [6.07, 6.45) is 6.43. The van der Waals surface area contributed by atoms with Gasteiger partial charge in [0.1, 0.15) is 5.72 Å². The number of benzene rings is 1. The van der Waals surface area contributed by atoms with Gasteiger partial charge in [0, 0.05) is 6.08 Å². The monoisotopic (exact) mass is 371 g/mol. The van der Waals surface area contributed by atoms with Gasteiger partial charge in [0.25, 0.3) is 0 Å². The van der Waals surface area contributed by atoms with E-state index in [9.17, 15) is 14.7 Å². The SMILES string of the molecule is CC(C)(C)C1CCC2(CC1)OC[C@H](C(=O)O)N2C(=O)/C=C\c1ccccc1. The molecule has 1 saturated heterocycles. The van der Waals surface area contributed by atoms with E-state index in [1.54, 1.807) is 6.08 Å². The summed E-state index contributed by atoms with van der Waals surface area (Å²) < 4.78 is 5.99. The van der Waals surface area contributed by atoms with Crippen LogP contribution in [0.1, 0.15) is 52.0 Å². The van der Waals surface area contributed by atoms with Crippen LogP contribution in [0.5, 0.6) is 0 Å². The first-order valence-corrected chi connectivity index (χ1v) is 9.66. The van der Waals surface area contributed by atoms with Crippen molar-refractivity contribution in [2.45, 2.75) is 58.2 Å². The second-order valence-electron chi connectivity index (χ2n) is 8.70. The number of carbonyl (C=O) groups excluding carboxylic acids is 1. The lowest BCUT2D eigenvalue weighted by atomic mass is 9.70. The van der Waals surface area contributed by atoms with E-state index in [0.29, 0.717) is 18.8 Å². The summed E-state index contributed by atoms with van der Waals surface area (Å²) in [5, 5.41) is 9.62. The van der Waals surface area contributed by atoms with Crippen molar-refractivity contribution in [2.24, 2.45) is 11.3 Å². The van der Waals surface area contributed by atoms with Gasteiger partial charge < -0.3 is 9.84 Å². The minimum Gasteiger partial charge on any atom is -0.480 e. The number of ether oxygens (including phenoxy) is 1. The van der Waals surface area contributed by atoms with Crippen LogP contribution in [0.25, 0.3) is 6.08 Å². The van der Waals surface area contributed by atoms with Crippen molar-refractivity contribution in [2.75, 3.05) is 6.61 Å². The molecule has 3 rings (SSSR count). The predicted molar refractivity (Wildman–Crippen MR) is 104 cm³/mol. The molecule has 1 aliphatic carbocycles. The molecule has 2 aliphatic rings. The Hall–Kier alpha value is -2.14. The van der Waals surface area contributed by atoms with Crippen molar-refractivity contribution < 1.29 is 19.4 Å². The molecule has 5 nitrogen and oxygen atoms in total. The minimum atomic E-state index is -1.01. The van der Waals surface area contributed by atoms with Crippen LogP contribution >= 0.6 is 0 Å². The maximum absolute atomic E-state index is 13.0. The molecule has 0 aromatic heterocycles. The third kappa shape index (κ3) is 4.08. The highest BCUT2D eigenvalue weighted by Gasteiger charge is 2.54. The zero-order valence-electron chi connectivity index (χ0n) is 16.4. The fraction of sp³-hybridized carbons (Fsp3) is 0.545. The summed E-state index contributed by atoms with van der Waals surface area (Å²) in [5.74, 6) is -0.753. The standard InChI is InChI=1S/C22H29NO4/c1-21(2,3)17-11-13-22(14-12-17)23(18(15-27-22)20(25)26)19(24)10-9-16-7-5-4-6-8-16/h4-10,17-18H,11-15H2,1-3H3,(H,25,26)/b10-9-/t17?,18-,22?/m1/s1. The summed E-state index contributed by atoms with van der Waals surface area (Å²) in [6.45, 7) is 6.75. The van der Waals surface area contributed by atoms with E-state index in [2.05, 4.69) is 20.8 Å². The Balaban J connectivity index is 1.81. The Labute approximate surface area is 161 Å². The van der Waals surface area contributed by atoms with Crippen LogP contribution in [-0.2, 0) is 14.3 Å². The molecule has 1 aromatic carbocycles. The van der Waals surface area contributed by atoms with Crippen LogP contribution in [-0.4, -0.2) is 40.3 Å². The summed E-state index contributed by atoms with van der Waals surface area (Å²) in [5.41, 5.74) is 0.320. The Bertz CT molecular complexity index is 712. The number of aliphatic carboxylic acids is 1. The molecular formula is C22H29NO4. The number of nitrogens with zero attached hydrogens (tertiary/aromatic N) is 1. The lowest BCUT2D eigenvalue weighted by Gasteiger charge is -2.45. The van der Waals surface area contributed by atoms with E-state index in [0.717, 1.165) is 18.4 Å². The van der Waals surface area contributed by atoms with E-state index >= 15 is 0 Å². The van der Waals surface area contributed by atoms with Crippen LogP contribution in [0.15, 0.2) is 36.4 Å². The highest BCUT2D eigenvalue weighted by Crippen LogP contribution is 2.47. The van der Waals surface area contributed by atoms with Gasteiger partial charge in [-0.25, -0.2) is 4.79 Å². The first-order valence-electron chi connectivity index (χ1n) is 9.66. The third-order valence-electron chi connectivity index (χ3n) is 5.99. The summed E-state index contributed by atoms with van der Waals surface area (Å²) in [6, 6.07) is 8.60. The van der Waals surface area contributed by atoms with Gasteiger partial charge in [-0.2, -0.15) is 0 Å². The number of amides is 1. The van der Waals surface area contributed by atoms with Crippen LogP contribution < -0.4 is 0 Å². The smallest absolute Gasteiger partial charge is 0.328 e. The molecule has 1 saturated carbocycles. The zero-order chi connectivity index (χ0) is 19.7. The Morgan fingerprint density at radius 3 is 2.37 bits per heavy atom. The quantitative estimate of drug-likeness (QED) is 0.817. The topological polar surface area (TPSA) is 66.8 Å². The van der Waals surface area contributed by atoms with Crippen LogP contribution in [0.2, 0.25) is 0 Å². The van der Waals surface area contributed by atoms with Crippen molar-refractivity contribution in [3.05, 3.63) is 42.0 Å². The van der Waals surface area contributed by atoms with Gasteiger partial charge in [-0.15, -0.1) is 0 Å². The fourth-order valence-electron chi connectivity index (χ4n) is 4.33. The first kappa shape index (κ1) is 19.6.